The second kappa shape index (κ2) is 5.49. The number of imidazole rings is 1. The Hall–Kier alpha value is -2.10. The van der Waals surface area contributed by atoms with Crippen molar-refractivity contribution in [2.24, 2.45) is 5.92 Å². The van der Waals surface area contributed by atoms with Crippen LogP contribution in [0, 0.1) is 5.92 Å². The van der Waals surface area contributed by atoms with Crippen LogP contribution in [0.2, 0.25) is 0 Å². The van der Waals surface area contributed by atoms with Crippen LogP contribution in [0.25, 0.3) is 0 Å². The Morgan fingerprint density at radius 1 is 1.40 bits per heavy atom. The molecule has 1 aliphatic rings. The lowest BCUT2D eigenvalue weighted by Gasteiger charge is -2.29. The molecule has 1 amide bonds. The maximum Gasteiger partial charge on any atom is 0.230 e. The van der Waals surface area contributed by atoms with Gasteiger partial charge in [0.25, 0.3) is 0 Å². The molecule has 4 nitrogen and oxygen atoms in total. The number of fused-ring (bicyclic) bond motifs is 1. The number of para-hydroxylation sites is 1. The number of rotatable bonds is 3. The van der Waals surface area contributed by atoms with E-state index < -0.39 is 0 Å². The minimum absolute atomic E-state index is 0.0688. The van der Waals surface area contributed by atoms with Crippen LogP contribution in [0.1, 0.15) is 19.0 Å². The van der Waals surface area contributed by atoms with Gasteiger partial charge in [0.15, 0.2) is 0 Å². The third-order valence-corrected chi connectivity index (χ3v) is 3.97. The van der Waals surface area contributed by atoms with Crippen LogP contribution in [-0.4, -0.2) is 22.0 Å². The molecular weight excluding hydrogens is 250 g/mol. The molecule has 0 saturated carbocycles. The molecule has 0 saturated heterocycles. The maximum atomic E-state index is 12.8. The Balaban J connectivity index is 1.78. The fourth-order valence-electron chi connectivity index (χ4n) is 2.87. The number of aryl methyl sites for hydroxylation is 1. The van der Waals surface area contributed by atoms with E-state index in [1.807, 2.05) is 54.7 Å². The molecule has 0 bridgehead atoms. The van der Waals surface area contributed by atoms with E-state index in [1.54, 1.807) is 0 Å². The number of carbonyl (C=O) groups is 1. The Morgan fingerprint density at radius 3 is 2.95 bits per heavy atom. The number of aromatic nitrogens is 2. The summed E-state index contributed by atoms with van der Waals surface area (Å²) < 4.78 is 2.14. The molecule has 0 fully saturated rings. The molecule has 0 radical (unpaired) electrons. The number of nitrogens with zero attached hydrogens (tertiary/aromatic N) is 3. The third kappa shape index (κ3) is 2.33. The predicted octanol–water partition coefficient (Wildman–Crippen LogP) is 2.50. The van der Waals surface area contributed by atoms with Crippen molar-refractivity contribution >= 4 is 11.6 Å². The second-order valence-electron chi connectivity index (χ2n) is 5.19. The smallest absolute Gasteiger partial charge is 0.230 e. The number of carbonyl (C=O) groups excluding carboxylic acids is 1. The first-order valence-corrected chi connectivity index (χ1v) is 7.15. The number of anilines is 1. The van der Waals surface area contributed by atoms with Gasteiger partial charge in [0, 0.05) is 43.0 Å². The van der Waals surface area contributed by atoms with Crippen LogP contribution in [-0.2, 0) is 17.8 Å². The van der Waals surface area contributed by atoms with E-state index in [2.05, 4.69) is 9.55 Å². The minimum atomic E-state index is 0.0688. The summed E-state index contributed by atoms with van der Waals surface area (Å²) in [6.45, 7) is 3.62. The van der Waals surface area contributed by atoms with Crippen molar-refractivity contribution in [2.45, 2.75) is 26.3 Å². The highest BCUT2D eigenvalue weighted by molar-refractivity contribution is 5.95. The van der Waals surface area contributed by atoms with Crippen LogP contribution < -0.4 is 4.90 Å². The molecule has 4 heteroatoms. The average Bonchev–Trinajstić information content (AvgIpc) is 2.96. The van der Waals surface area contributed by atoms with E-state index in [-0.39, 0.29) is 11.8 Å². The molecule has 1 atom stereocenters. The maximum absolute atomic E-state index is 12.8. The number of hydrogen-bond acceptors (Lipinski definition) is 2. The van der Waals surface area contributed by atoms with Crippen molar-refractivity contribution in [1.82, 2.24) is 9.55 Å². The highest BCUT2D eigenvalue weighted by Gasteiger charge is 2.28. The van der Waals surface area contributed by atoms with Gasteiger partial charge in [-0.05, 0) is 25.5 Å². The molecule has 3 rings (SSSR count). The van der Waals surface area contributed by atoms with Gasteiger partial charge in [0.05, 0.1) is 6.33 Å². The largest absolute Gasteiger partial charge is 0.335 e. The molecule has 1 aliphatic heterocycles. The Morgan fingerprint density at radius 2 is 2.20 bits per heavy atom. The van der Waals surface area contributed by atoms with E-state index in [9.17, 15) is 4.79 Å². The molecular formula is C16H19N3O. The monoisotopic (exact) mass is 269 g/mol. The zero-order chi connectivity index (χ0) is 13.9. The van der Waals surface area contributed by atoms with Gasteiger partial charge in [-0.15, -0.1) is 0 Å². The summed E-state index contributed by atoms with van der Waals surface area (Å²) in [7, 11) is 0. The SMILES string of the molecule is CCN(C(=O)C1CCn2cncc2C1)c1ccccc1. The second-order valence-corrected chi connectivity index (χ2v) is 5.19. The zero-order valence-corrected chi connectivity index (χ0v) is 11.7. The first-order valence-electron chi connectivity index (χ1n) is 7.15. The van der Waals surface area contributed by atoms with Gasteiger partial charge >= 0.3 is 0 Å². The van der Waals surface area contributed by atoms with Crippen molar-refractivity contribution in [3.05, 3.63) is 48.5 Å². The van der Waals surface area contributed by atoms with Gasteiger partial charge in [-0.1, -0.05) is 18.2 Å². The topological polar surface area (TPSA) is 38.1 Å². The van der Waals surface area contributed by atoms with Crippen LogP contribution in [0.3, 0.4) is 0 Å². The van der Waals surface area contributed by atoms with Crippen molar-refractivity contribution in [1.29, 1.82) is 0 Å². The zero-order valence-electron chi connectivity index (χ0n) is 11.7. The summed E-state index contributed by atoms with van der Waals surface area (Å²) in [4.78, 5) is 18.8. The molecule has 2 aromatic rings. The molecule has 104 valence electrons. The summed E-state index contributed by atoms with van der Waals surface area (Å²) >= 11 is 0. The Bertz CT molecular complexity index is 591. The quantitative estimate of drug-likeness (QED) is 0.858. The van der Waals surface area contributed by atoms with E-state index >= 15 is 0 Å². The lowest BCUT2D eigenvalue weighted by Crippen LogP contribution is -2.39. The van der Waals surface area contributed by atoms with Gasteiger partial charge in [-0.2, -0.15) is 0 Å². The first-order chi connectivity index (χ1) is 9.79. The summed E-state index contributed by atoms with van der Waals surface area (Å²) in [5, 5.41) is 0. The van der Waals surface area contributed by atoms with E-state index in [1.165, 1.54) is 5.69 Å². The molecule has 0 aliphatic carbocycles. The summed E-state index contributed by atoms with van der Waals surface area (Å²) in [6.07, 6.45) is 5.41. The molecule has 2 heterocycles. The molecule has 1 aromatic carbocycles. The highest BCUT2D eigenvalue weighted by atomic mass is 16.2. The van der Waals surface area contributed by atoms with Gasteiger partial charge in [0.1, 0.15) is 0 Å². The average molecular weight is 269 g/mol. The van der Waals surface area contributed by atoms with E-state index in [4.69, 9.17) is 0 Å². The standard InChI is InChI=1S/C16H19N3O/c1-2-19(14-6-4-3-5-7-14)16(20)13-8-9-18-12-17-11-15(18)10-13/h3-7,11-13H,2,8-10H2,1H3. The molecule has 1 aromatic heterocycles. The van der Waals surface area contributed by atoms with Gasteiger partial charge in [-0.3, -0.25) is 4.79 Å². The lowest BCUT2D eigenvalue weighted by atomic mass is 9.94. The normalized spacial score (nSPS) is 17.6. The summed E-state index contributed by atoms with van der Waals surface area (Å²) in [5.41, 5.74) is 2.15. The van der Waals surface area contributed by atoms with Gasteiger partial charge < -0.3 is 9.47 Å². The summed E-state index contributed by atoms with van der Waals surface area (Å²) in [5.74, 6) is 0.297. The lowest BCUT2D eigenvalue weighted by molar-refractivity contribution is -0.122. The highest BCUT2D eigenvalue weighted by Crippen LogP contribution is 2.24. The van der Waals surface area contributed by atoms with Crippen LogP contribution >= 0.6 is 0 Å². The van der Waals surface area contributed by atoms with Gasteiger partial charge in [-0.25, -0.2) is 4.98 Å². The van der Waals surface area contributed by atoms with Crippen molar-refractivity contribution < 1.29 is 4.79 Å². The Kier molecular flexibility index (Phi) is 3.54. The first kappa shape index (κ1) is 12.9. The van der Waals surface area contributed by atoms with Crippen LogP contribution in [0.15, 0.2) is 42.9 Å². The van der Waals surface area contributed by atoms with Crippen LogP contribution in [0.5, 0.6) is 0 Å². The molecule has 1 unspecified atom stereocenters. The number of benzene rings is 1. The Labute approximate surface area is 119 Å². The minimum Gasteiger partial charge on any atom is -0.335 e. The summed E-state index contributed by atoms with van der Waals surface area (Å²) in [6, 6.07) is 9.91. The fourth-order valence-corrected chi connectivity index (χ4v) is 2.87. The van der Waals surface area contributed by atoms with E-state index in [0.717, 1.165) is 25.1 Å². The number of amides is 1. The molecule has 0 N–H and O–H groups in total. The van der Waals surface area contributed by atoms with Crippen molar-refractivity contribution in [2.75, 3.05) is 11.4 Å². The van der Waals surface area contributed by atoms with E-state index in [0.29, 0.717) is 6.54 Å². The van der Waals surface area contributed by atoms with Crippen molar-refractivity contribution in [3.8, 4) is 0 Å². The predicted molar refractivity (Wildman–Crippen MR) is 78.5 cm³/mol. The number of hydrogen-bond donors (Lipinski definition) is 0. The third-order valence-electron chi connectivity index (χ3n) is 3.97. The fraction of sp³-hybridized carbons (Fsp3) is 0.375. The van der Waals surface area contributed by atoms with Crippen LogP contribution in [0.4, 0.5) is 5.69 Å². The molecule has 0 spiro atoms. The molecule has 20 heavy (non-hydrogen) atoms. The van der Waals surface area contributed by atoms with Crippen molar-refractivity contribution in [3.63, 3.8) is 0 Å². The van der Waals surface area contributed by atoms with Gasteiger partial charge in [0.2, 0.25) is 5.91 Å².